The standard InChI is InChI=1S/C41H56O4/c1-27(2)13-12-14-28(3)34-21-22-35-33-20-19-30-25-32(45-38(42)29-15-8-6-9-16-29)23-24-40(30,4)36(33)26-37(41(34,35)5)39(43)44-31-17-10-7-11-18-31/h6-11,15-18,27-28,30,32-37H,12-14,19-26H2,1-5H3/t28-,30-,32-,33?,34-,35?,36?,37-,40+,41-/m1/s1. The molecular formula is C41H56O4. The van der Waals surface area contributed by atoms with Crippen LogP contribution in [0.1, 0.15) is 116 Å². The van der Waals surface area contributed by atoms with Crippen LogP contribution in [0.5, 0.6) is 5.75 Å². The van der Waals surface area contributed by atoms with E-state index in [1.165, 1.54) is 44.9 Å². The van der Waals surface area contributed by atoms with Gasteiger partial charge in [-0.2, -0.15) is 0 Å². The van der Waals surface area contributed by atoms with Crippen molar-refractivity contribution in [3.8, 4) is 5.75 Å². The zero-order chi connectivity index (χ0) is 31.8. The molecule has 3 unspecified atom stereocenters. The molecule has 4 nitrogen and oxygen atoms in total. The minimum Gasteiger partial charge on any atom is -0.459 e. The predicted octanol–water partition coefficient (Wildman–Crippen LogP) is 10.2. The Kier molecular flexibility index (Phi) is 9.51. The lowest BCUT2D eigenvalue weighted by Crippen LogP contribution is -2.59. The van der Waals surface area contributed by atoms with Crippen LogP contribution in [0.2, 0.25) is 0 Å². The summed E-state index contributed by atoms with van der Waals surface area (Å²) in [7, 11) is 0. The van der Waals surface area contributed by atoms with E-state index in [1.807, 2.05) is 60.7 Å². The molecule has 4 saturated carbocycles. The van der Waals surface area contributed by atoms with Gasteiger partial charge in [0, 0.05) is 0 Å². The molecule has 2 aromatic rings. The molecule has 0 radical (unpaired) electrons. The number of ether oxygens (including phenoxy) is 2. The summed E-state index contributed by atoms with van der Waals surface area (Å²) >= 11 is 0. The second-order valence-electron chi connectivity index (χ2n) is 16.2. The van der Waals surface area contributed by atoms with E-state index in [0.29, 0.717) is 46.8 Å². The van der Waals surface area contributed by atoms with Crippen molar-refractivity contribution in [2.24, 2.45) is 58.2 Å². The molecule has 4 heteroatoms. The molecule has 0 saturated heterocycles. The van der Waals surface area contributed by atoms with Crippen molar-refractivity contribution >= 4 is 11.9 Å². The van der Waals surface area contributed by atoms with E-state index in [2.05, 4.69) is 34.6 Å². The summed E-state index contributed by atoms with van der Waals surface area (Å²) in [6, 6.07) is 19.1. The van der Waals surface area contributed by atoms with Crippen LogP contribution in [0.25, 0.3) is 0 Å². The van der Waals surface area contributed by atoms with Crippen LogP contribution in [-0.2, 0) is 9.53 Å². The number of fused-ring (bicyclic) bond motifs is 5. The molecule has 10 atom stereocenters. The van der Waals surface area contributed by atoms with Crippen LogP contribution < -0.4 is 4.74 Å². The van der Waals surface area contributed by atoms with Gasteiger partial charge in [0.2, 0.25) is 0 Å². The van der Waals surface area contributed by atoms with E-state index in [9.17, 15) is 9.59 Å². The zero-order valence-corrected chi connectivity index (χ0v) is 28.4. The lowest BCUT2D eigenvalue weighted by atomic mass is 9.42. The number of carbonyl (C=O) groups excluding carboxylic acids is 2. The minimum absolute atomic E-state index is 0.00960. The molecule has 0 aliphatic heterocycles. The minimum atomic E-state index is -0.199. The third-order valence-corrected chi connectivity index (χ3v) is 13.5. The third-order valence-electron chi connectivity index (χ3n) is 13.5. The number of para-hydroxylation sites is 1. The molecule has 0 amide bonds. The summed E-state index contributed by atoms with van der Waals surface area (Å²) < 4.78 is 12.3. The maximum Gasteiger partial charge on any atom is 0.338 e. The van der Waals surface area contributed by atoms with Crippen molar-refractivity contribution in [2.75, 3.05) is 0 Å². The highest BCUT2D eigenvalue weighted by Gasteiger charge is 2.65. The van der Waals surface area contributed by atoms with Gasteiger partial charge in [-0.05, 0) is 128 Å². The average molecular weight is 613 g/mol. The Hall–Kier alpha value is -2.62. The fraction of sp³-hybridized carbons (Fsp3) is 0.659. The Morgan fingerprint density at radius 2 is 1.53 bits per heavy atom. The largest absolute Gasteiger partial charge is 0.459 e. The highest BCUT2D eigenvalue weighted by atomic mass is 16.5. The van der Waals surface area contributed by atoms with Gasteiger partial charge < -0.3 is 9.47 Å². The third kappa shape index (κ3) is 6.24. The number of hydrogen-bond acceptors (Lipinski definition) is 4. The van der Waals surface area contributed by atoms with Gasteiger partial charge in [0.15, 0.2) is 0 Å². The average Bonchev–Trinajstić information content (AvgIpc) is 3.39. The number of benzene rings is 2. The van der Waals surface area contributed by atoms with E-state index in [0.717, 1.165) is 31.6 Å². The number of hydrogen-bond donors (Lipinski definition) is 0. The molecule has 4 aliphatic carbocycles. The molecule has 45 heavy (non-hydrogen) atoms. The van der Waals surface area contributed by atoms with E-state index < -0.39 is 0 Å². The lowest BCUT2D eigenvalue weighted by molar-refractivity contribution is -0.175. The Balaban J connectivity index is 1.24. The molecule has 0 spiro atoms. The van der Waals surface area contributed by atoms with Crippen LogP contribution in [0.4, 0.5) is 0 Å². The highest BCUT2D eigenvalue weighted by molar-refractivity contribution is 5.89. The van der Waals surface area contributed by atoms with Crippen LogP contribution in [0, 0.1) is 58.2 Å². The second-order valence-corrected chi connectivity index (χ2v) is 16.2. The molecule has 244 valence electrons. The van der Waals surface area contributed by atoms with Crippen molar-refractivity contribution in [3.05, 3.63) is 66.2 Å². The van der Waals surface area contributed by atoms with Crippen molar-refractivity contribution in [2.45, 2.75) is 111 Å². The molecule has 6 rings (SSSR count). The van der Waals surface area contributed by atoms with Gasteiger partial charge in [-0.25, -0.2) is 4.79 Å². The quantitative estimate of drug-likeness (QED) is 0.209. The Labute approximate surface area is 272 Å². The summed E-state index contributed by atoms with van der Waals surface area (Å²) in [6.45, 7) is 12.1. The Morgan fingerprint density at radius 3 is 2.24 bits per heavy atom. The second kappa shape index (κ2) is 13.2. The molecule has 2 aromatic carbocycles. The van der Waals surface area contributed by atoms with Gasteiger partial charge in [-0.1, -0.05) is 90.3 Å². The molecule has 0 aromatic heterocycles. The van der Waals surface area contributed by atoms with Crippen molar-refractivity contribution in [1.82, 2.24) is 0 Å². The maximum absolute atomic E-state index is 14.4. The first-order valence-corrected chi connectivity index (χ1v) is 18.1. The first-order chi connectivity index (χ1) is 21.6. The van der Waals surface area contributed by atoms with Gasteiger partial charge in [-0.3, -0.25) is 4.79 Å². The fourth-order valence-corrected chi connectivity index (χ4v) is 11.2. The summed E-state index contributed by atoms with van der Waals surface area (Å²) in [4.78, 5) is 27.3. The Bertz CT molecular complexity index is 1310. The summed E-state index contributed by atoms with van der Waals surface area (Å²) in [5, 5.41) is 0. The maximum atomic E-state index is 14.4. The fourth-order valence-electron chi connectivity index (χ4n) is 11.2. The van der Waals surface area contributed by atoms with Crippen molar-refractivity contribution < 1.29 is 19.1 Å². The van der Waals surface area contributed by atoms with Gasteiger partial charge in [-0.15, -0.1) is 0 Å². The van der Waals surface area contributed by atoms with Crippen LogP contribution in [0.15, 0.2) is 60.7 Å². The van der Waals surface area contributed by atoms with Crippen LogP contribution in [0.3, 0.4) is 0 Å². The smallest absolute Gasteiger partial charge is 0.338 e. The Morgan fingerprint density at radius 1 is 0.822 bits per heavy atom. The zero-order valence-electron chi connectivity index (χ0n) is 28.4. The normalized spacial score (nSPS) is 36.4. The van der Waals surface area contributed by atoms with Gasteiger partial charge in [0.1, 0.15) is 11.9 Å². The first-order valence-electron chi connectivity index (χ1n) is 18.1. The van der Waals surface area contributed by atoms with Crippen molar-refractivity contribution in [3.63, 3.8) is 0 Å². The van der Waals surface area contributed by atoms with Gasteiger partial charge in [0.25, 0.3) is 0 Å². The number of esters is 2. The van der Waals surface area contributed by atoms with Gasteiger partial charge in [0.05, 0.1) is 11.5 Å². The SMILES string of the molecule is CC(C)CCC[C@@H](C)[C@H]1CCC2C3CC[C@@H]4C[C@H](OC(=O)c5ccccc5)CC[C@]4(C)C3C[C@H](C(=O)Oc3ccccc3)[C@@]21C. The van der Waals surface area contributed by atoms with E-state index in [1.54, 1.807) is 0 Å². The topological polar surface area (TPSA) is 52.6 Å². The predicted molar refractivity (Wildman–Crippen MR) is 180 cm³/mol. The summed E-state index contributed by atoms with van der Waals surface area (Å²) in [6.07, 6.45) is 12.5. The van der Waals surface area contributed by atoms with E-state index in [4.69, 9.17) is 9.47 Å². The molecular weight excluding hydrogens is 556 g/mol. The summed E-state index contributed by atoms with van der Waals surface area (Å²) in [5.41, 5.74) is 0.761. The van der Waals surface area contributed by atoms with Gasteiger partial charge >= 0.3 is 11.9 Å². The summed E-state index contributed by atoms with van der Waals surface area (Å²) in [5.74, 6) is 4.52. The molecule has 0 heterocycles. The molecule has 4 fully saturated rings. The first kappa shape index (κ1) is 32.3. The van der Waals surface area contributed by atoms with Crippen LogP contribution in [-0.4, -0.2) is 18.0 Å². The highest BCUT2D eigenvalue weighted by Crippen LogP contribution is 2.70. The van der Waals surface area contributed by atoms with E-state index >= 15 is 0 Å². The van der Waals surface area contributed by atoms with Crippen molar-refractivity contribution in [1.29, 1.82) is 0 Å². The van der Waals surface area contributed by atoms with E-state index in [-0.39, 0.29) is 34.8 Å². The number of carbonyl (C=O) groups is 2. The molecule has 4 aliphatic rings. The lowest BCUT2D eigenvalue weighted by Gasteiger charge is -2.62. The number of rotatable bonds is 9. The molecule has 0 N–H and O–H groups in total. The monoisotopic (exact) mass is 612 g/mol. The molecule has 0 bridgehead atoms. The van der Waals surface area contributed by atoms with Crippen LogP contribution >= 0.6 is 0 Å².